The second-order valence-electron chi connectivity index (χ2n) is 4.68. The van der Waals surface area contributed by atoms with E-state index in [2.05, 4.69) is 0 Å². The van der Waals surface area contributed by atoms with E-state index in [0.717, 1.165) is 6.42 Å². The van der Waals surface area contributed by atoms with Crippen molar-refractivity contribution in [1.29, 1.82) is 0 Å². The molecule has 1 atom stereocenters. The molecule has 0 fully saturated rings. The number of halogens is 1. The maximum absolute atomic E-state index is 13.8. The normalized spacial score (nSPS) is 12.0. The summed E-state index contributed by atoms with van der Waals surface area (Å²) in [6.07, 6.45) is -0.0693. The van der Waals surface area contributed by atoms with Crippen LogP contribution in [0.25, 0.3) is 0 Å². The predicted octanol–water partition coefficient (Wildman–Crippen LogP) is 3.70. The van der Waals surface area contributed by atoms with Gasteiger partial charge in [-0.15, -0.1) is 0 Å². The third-order valence-corrected chi connectivity index (χ3v) is 3.17. The number of hydrogen-bond donors (Lipinski definition) is 1. The highest BCUT2D eigenvalue weighted by Gasteiger charge is 2.17. The fourth-order valence-electron chi connectivity index (χ4n) is 2.08. The molecule has 2 aromatic carbocycles. The summed E-state index contributed by atoms with van der Waals surface area (Å²) in [5.74, 6) is 0.269. The summed E-state index contributed by atoms with van der Waals surface area (Å²) in [5.41, 5.74) is 1.08. The molecule has 3 nitrogen and oxygen atoms in total. The quantitative estimate of drug-likeness (QED) is 0.881. The summed E-state index contributed by atoms with van der Waals surface area (Å²) < 4.78 is 24.3. The van der Waals surface area contributed by atoms with Crippen LogP contribution in [0.4, 0.5) is 4.39 Å². The van der Waals surface area contributed by atoms with Crippen LogP contribution < -0.4 is 9.47 Å². The number of hydrogen-bond acceptors (Lipinski definition) is 3. The van der Waals surface area contributed by atoms with Crippen LogP contribution >= 0.6 is 0 Å². The van der Waals surface area contributed by atoms with Crippen LogP contribution in [0.2, 0.25) is 0 Å². The van der Waals surface area contributed by atoms with Crippen molar-refractivity contribution in [3.8, 4) is 11.5 Å². The van der Waals surface area contributed by atoms with E-state index in [1.807, 2.05) is 19.1 Å². The van der Waals surface area contributed by atoms with Crippen LogP contribution in [0.5, 0.6) is 11.5 Å². The zero-order valence-corrected chi connectivity index (χ0v) is 12.2. The van der Waals surface area contributed by atoms with Crippen LogP contribution in [-0.4, -0.2) is 18.8 Å². The molecule has 0 aliphatic heterocycles. The van der Waals surface area contributed by atoms with Gasteiger partial charge in [0.2, 0.25) is 0 Å². The van der Waals surface area contributed by atoms with Gasteiger partial charge in [0.1, 0.15) is 11.9 Å². The summed E-state index contributed by atoms with van der Waals surface area (Å²) in [6, 6.07) is 11.7. The summed E-state index contributed by atoms with van der Waals surface area (Å²) in [6.45, 7) is 2.58. The van der Waals surface area contributed by atoms with E-state index >= 15 is 0 Å². The van der Waals surface area contributed by atoms with Crippen molar-refractivity contribution in [2.24, 2.45) is 0 Å². The third kappa shape index (κ3) is 3.52. The molecule has 0 aliphatic rings. The lowest BCUT2D eigenvalue weighted by Gasteiger charge is -2.17. The highest BCUT2D eigenvalue weighted by molar-refractivity contribution is 5.41. The van der Waals surface area contributed by atoms with E-state index in [4.69, 9.17) is 9.47 Å². The van der Waals surface area contributed by atoms with Crippen LogP contribution in [0.1, 0.15) is 30.6 Å². The fraction of sp³-hybridized carbons (Fsp3) is 0.294. The highest BCUT2D eigenvalue weighted by atomic mass is 19.1. The second-order valence-corrected chi connectivity index (χ2v) is 4.68. The Morgan fingerprint density at radius 1 is 1.14 bits per heavy atom. The van der Waals surface area contributed by atoms with Crippen LogP contribution in [0.3, 0.4) is 0 Å². The number of para-hydroxylation sites is 1. The molecule has 0 radical (unpaired) electrons. The van der Waals surface area contributed by atoms with Gasteiger partial charge in [0, 0.05) is 5.56 Å². The summed E-state index contributed by atoms with van der Waals surface area (Å²) in [4.78, 5) is 0. The largest absolute Gasteiger partial charge is 0.494 e. The Bertz CT molecular complexity index is 598. The van der Waals surface area contributed by atoms with Gasteiger partial charge in [0.25, 0.3) is 0 Å². The smallest absolute Gasteiger partial charge is 0.165 e. The Morgan fingerprint density at radius 2 is 1.90 bits per heavy atom. The monoisotopic (exact) mass is 290 g/mol. The van der Waals surface area contributed by atoms with Gasteiger partial charge in [-0.1, -0.05) is 31.2 Å². The van der Waals surface area contributed by atoms with Crippen molar-refractivity contribution < 1.29 is 19.0 Å². The standard InChI is InChI=1S/C17H19FO3/c1-3-10-21-15-7-5-4-6-13(15)17(19)12-8-9-16(20-2)14(18)11-12/h4-9,11,17,19H,3,10H2,1-2H3. The van der Waals surface area contributed by atoms with Gasteiger partial charge >= 0.3 is 0 Å². The van der Waals surface area contributed by atoms with Crippen molar-refractivity contribution in [3.63, 3.8) is 0 Å². The molecule has 0 saturated carbocycles. The molecule has 2 aromatic rings. The van der Waals surface area contributed by atoms with Crippen molar-refractivity contribution in [2.75, 3.05) is 13.7 Å². The zero-order valence-electron chi connectivity index (χ0n) is 12.2. The topological polar surface area (TPSA) is 38.7 Å². The van der Waals surface area contributed by atoms with E-state index in [1.165, 1.54) is 19.2 Å². The van der Waals surface area contributed by atoms with Crippen molar-refractivity contribution in [2.45, 2.75) is 19.4 Å². The van der Waals surface area contributed by atoms with E-state index in [9.17, 15) is 9.50 Å². The van der Waals surface area contributed by atoms with Crippen molar-refractivity contribution in [1.82, 2.24) is 0 Å². The van der Waals surface area contributed by atoms with Crippen LogP contribution in [0, 0.1) is 5.82 Å². The minimum atomic E-state index is -0.946. The van der Waals surface area contributed by atoms with Gasteiger partial charge in [0.15, 0.2) is 11.6 Å². The second kappa shape index (κ2) is 7.09. The molecule has 0 bridgehead atoms. The molecule has 1 N–H and O–H groups in total. The van der Waals surface area contributed by atoms with Gasteiger partial charge in [-0.3, -0.25) is 0 Å². The Labute approximate surface area is 124 Å². The number of rotatable bonds is 6. The zero-order chi connectivity index (χ0) is 15.2. The minimum Gasteiger partial charge on any atom is -0.494 e. The van der Waals surface area contributed by atoms with Gasteiger partial charge in [-0.25, -0.2) is 4.39 Å². The molecular weight excluding hydrogens is 271 g/mol. The van der Waals surface area contributed by atoms with Gasteiger partial charge in [-0.2, -0.15) is 0 Å². The molecule has 2 rings (SSSR count). The third-order valence-electron chi connectivity index (χ3n) is 3.17. The average Bonchev–Trinajstić information content (AvgIpc) is 2.52. The number of benzene rings is 2. The Kier molecular flexibility index (Phi) is 5.17. The molecule has 21 heavy (non-hydrogen) atoms. The molecule has 0 saturated heterocycles. The van der Waals surface area contributed by atoms with Crippen LogP contribution in [0.15, 0.2) is 42.5 Å². The Balaban J connectivity index is 2.31. The van der Waals surface area contributed by atoms with Gasteiger partial charge in [0.05, 0.1) is 13.7 Å². The Hall–Kier alpha value is -2.07. The fourth-order valence-corrected chi connectivity index (χ4v) is 2.08. The molecular formula is C17H19FO3. The lowest BCUT2D eigenvalue weighted by molar-refractivity contribution is 0.210. The predicted molar refractivity (Wildman–Crippen MR) is 79.2 cm³/mol. The molecule has 112 valence electrons. The highest BCUT2D eigenvalue weighted by Crippen LogP contribution is 2.31. The van der Waals surface area contributed by atoms with Crippen molar-refractivity contribution >= 4 is 0 Å². The van der Waals surface area contributed by atoms with Crippen LogP contribution in [-0.2, 0) is 0 Å². The van der Waals surface area contributed by atoms with E-state index in [-0.39, 0.29) is 5.75 Å². The first-order valence-corrected chi connectivity index (χ1v) is 6.90. The van der Waals surface area contributed by atoms with E-state index < -0.39 is 11.9 Å². The summed E-state index contributed by atoms with van der Waals surface area (Å²) in [5, 5.41) is 10.5. The molecule has 0 spiro atoms. The first kappa shape index (κ1) is 15.3. The number of aliphatic hydroxyl groups excluding tert-OH is 1. The molecule has 0 amide bonds. The number of aliphatic hydroxyl groups is 1. The first-order chi connectivity index (χ1) is 10.2. The number of ether oxygens (including phenoxy) is 2. The summed E-state index contributed by atoms with van der Waals surface area (Å²) >= 11 is 0. The van der Waals surface area contributed by atoms with E-state index in [0.29, 0.717) is 23.5 Å². The Morgan fingerprint density at radius 3 is 2.57 bits per heavy atom. The molecule has 0 heterocycles. The van der Waals surface area contributed by atoms with Gasteiger partial charge in [-0.05, 0) is 30.2 Å². The molecule has 0 aliphatic carbocycles. The first-order valence-electron chi connectivity index (χ1n) is 6.90. The molecule has 0 aromatic heterocycles. The minimum absolute atomic E-state index is 0.154. The lowest BCUT2D eigenvalue weighted by Crippen LogP contribution is -2.05. The molecule has 4 heteroatoms. The summed E-state index contributed by atoms with van der Waals surface area (Å²) in [7, 11) is 1.41. The maximum atomic E-state index is 13.8. The maximum Gasteiger partial charge on any atom is 0.165 e. The number of methoxy groups -OCH3 is 1. The molecule has 1 unspecified atom stereocenters. The van der Waals surface area contributed by atoms with E-state index in [1.54, 1.807) is 18.2 Å². The van der Waals surface area contributed by atoms with Crippen molar-refractivity contribution in [3.05, 3.63) is 59.4 Å². The lowest BCUT2D eigenvalue weighted by atomic mass is 10.0. The SMILES string of the molecule is CCCOc1ccccc1C(O)c1ccc(OC)c(F)c1. The average molecular weight is 290 g/mol. The van der Waals surface area contributed by atoms with Gasteiger partial charge < -0.3 is 14.6 Å².